The van der Waals surface area contributed by atoms with E-state index in [-0.39, 0.29) is 18.3 Å². The number of esters is 1. The summed E-state index contributed by atoms with van der Waals surface area (Å²) in [7, 11) is 0. The van der Waals surface area contributed by atoms with Gasteiger partial charge in [-0.05, 0) is 25.1 Å². The molecule has 4 aromatic heterocycles. The number of aromatic hydroxyl groups is 1. The second-order valence-electron chi connectivity index (χ2n) is 7.59. The lowest BCUT2D eigenvalue weighted by Gasteiger charge is -2.11. The fourth-order valence-corrected chi connectivity index (χ4v) is 3.65. The van der Waals surface area contributed by atoms with E-state index in [4.69, 9.17) is 9.72 Å². The van der Waals surface area contributed by atoms with Crippen LogP contribution >= 0.6 is 0 Å². The van der Waals surface area contributed by atoms with E-state index in [1.165, 1.54) is 6.20 Å². The fraction of sp³-hybridized carbons (Fsp3) is 0.217. The second kappa shape index (κ2) is 9.63. The summed E-state index contributed by atoms with van der Waals surface area (Å²) in [5.41, 5.74) is 1.86. The highest BCUT2D eigenvalue weighted by molar-refractivity contribution is 5.86. The topological polar surface area (TPSA) is 145 Å². The van der Waals surface area contributed by atoms with E-state index in [2.05, 4.69) is 30.7 Å². The smallest absolute Gasteiger partial charge is 0.326 e. The number of ether oxygens (including phenoxy) is 1. The van der Waals surface area contributed by atoms with Crippen molar-refractivity contribution < 1.29 is 14.6 Å². The molecule has 0 atom stereocenters. The average Bonchev–Trinajstić information content (AvgIpc) is 3.47. The number of aromatic nitrogens is 7. The van der Waals surface area contributed by atoms with Crippen LogP contribution in [0, 0.1) is 0 Å². The van der Waals surface area contributed by atoms with Gasteiger partial charge in [0.25, 0.3) is 0 Å². The van der Waals surface area contributed by atoms with Crippen LogP contribution in [0.3, 0.4) is 0 Å². The summed E-state index contributed by atoms with van der Waals surface area (Å²) in [4.78, 5) is 29.9. The summed E-state index contributed by atoms with van der Waals surface area (Å²) in [5.74, 6) is 1.24. The summed E-state index contributed by atoms with van der Waals surface area (Å²) in [6.07, 6.45) is 4.68. The zero-order chi connectivity index (χ0) is 24.2. The number of hydrogen-bond acceptors (Lipinski definition) is 10. The van der Waals surface area contributed by atoms with Gasteiger partial charge in [0.2, 0.25) is 5.95 Å². The molecular formula is C23H23N9O3. The molecule has 0 saturated heterocycles. The Balaban J connectivity index is 1.45. The molecule has 35 heavy (non-hydrogen) atoms. The predicted octanol–water partition coefficient (Wildman–Crippen LogP) is 2.35. The molecule has 0 spiro atoms. The number of pyridine rings is 1. The lowest BCUT2D eigenvalue weighted by Crippen LogP contribution is -2.17. The van der Waals surface area contributed by atoms with Gasteiger partial charge in [-0.1, -0.05) is 18.2 Å². The van der Waals surface area contributed by atoms with Crippen molar-refractivity contribution in [2.24, 2.45) is 0 Å². The molecule has 178 valence electrons. The van der Waals surface area contributed by atoms with Gasteiger partial charge in [0, 0.05) is 18.5 Å². The molecule has 5 rings (SSSR count). The molecule has 0 aliphatic carbocycles. The quantitative estimate of drug-likeness (QED) is 0.215. The summed E-state index contributed by atoms with van der Waals surface area (Å²) in [6.45, 7) is 3.07. The van der Waals surface area contributed by atoms with Gasteiger partial charge in [-0.3, -0.25) is 4.79 Å². The van der Waals surface area contributed by atoms with E-state index in [0.717, 1.165) is 10.9 Å². The second-order valence-corrected chi connectivity index (χ2v) is 7.59. The summed E-state index contributed by atoms with van der Waals surface area (Å²) < 4.78 is 8.49. The molecule has 1 aromatic carbocycles. The van der Waals surface area contributed by atoms with Crippen molar-refractivity contribution in [2.45, 2.75) is 13.5 Å². The third-order valence-corrected chi connectivity index (χ3v) is 5.20. The van der Waals surface area contributed by atoms with Crippen molar-refractivity contribution >= 4 is 39.8 Å². The Morgan fingerprint density at radius 1 is 1.06 bits per heavy atom. The molecule has 0 bridgehead atoms. The summed E-state index contributed by atoms with van der Waals surface area (Å²) in [5, 5.41) is 21.2. The third kappa shape index (κ3) is 4.67. The van der Waals surface area contributed by atoms with Crippen LogP contribution in [0.5, 0.6) is 5.75 Å². The number of benzene rings is 1. The van der Waals surface area contributed by atoms with Crippen LogP contribution in [0.4, 0.5) is 11.8 Å². The van der Waals surface area contributed by atoms with E-state index >= 15 is 0 Å². The zero-order valence-corrected chi connectivity index (χ0v) is 18.9. The molecule has 0 aliphatic rings. The maximum atomic E-state index is 12.2. The van der Waals surface area contributed by atoms with Gasteiger partial charge in [0.1, 0.15) is 23.6 Å². The van der Waals surface area contributed by atoms with E-state index in [0.29, 0.717) is 48.4 Å². The van der Waals surface area contributed by atoms with Gasteiger partial charge >= 0.3 is 5.97 Å². The first-order valence-corrected chi connectivity index (χ1v) is 11.1. The molecular weight excluding hydrogens is 450 g/mol. The number of carbonyl (C=O) groups excluding carboxylic acids is 1. The van der Waals surface area contributed by atoms with Crippen molar-refractivity contribution in [2.75, 3.05) is 30.3 Å². The molecule has 0 fully saturated rings. The highest BCUT2D eigenvalue weighted by atomic mass is 16.5. The van der Waals surface area contributed by atoms with E-state index in [9.17, 15) is 9.90 Å². The number of hydrogen-bond donors (Lipinski definition) is 3. The van der Waals surface area contributed by atoms with Gasteiger partial charge in [0.15, 0.2) is 11.5 Å². The number of para-hydroxylation sites is 1. The van der Waals surface area contributed by atoms with Crippen molar-refractivity contribution in [3.63, 3.8) is 0 Å². The first kappa shape index (κ1) is 22.1. The van der Waals surface area contributed by atoms with Gasteiger partial charge < -0.3 is 25.0 Å². The highest BCUT2D eigenvalue weighted by Gasteiger charge is 2.19. The molecule has 0 saturated carbocycles. The van der Waals surface area contributed by atoms with E-state index in [1.807, 2.05) is 24.3 Å². The monoisotopic (exact) mass is 473 g/mol. The summed E-state index contributed by atoms with van der Waals surface area (Å²) in [6, 6.07) is 11.0. The Hall–Kier alpha value is -4.74. The number of fused-ring (bicyclic) bond motifs is 2. The van der Waals surface area contributed by atoms with E-state index in [1.54, 1.807) is 40.8 Å². The molecule has 12 nitrogen and oxygen atoms in total. The lowest BCUT2D eigenvalue weighted by atomic mass is 10.2. The maximum Gasteiger partial charge on any atom is 0.326 e. The van der Waals surface area contributed by atoms with E-state index < -0.39 is 0 Å². The Labute approximate surface area is 199 Å². The average molecular weight is 473 g/mol. The minimum Gasteiger partial charge on any atom is -0.506 e. The zero-order valence-electron chi connectivity index (χ0n) is 18.9. The molecule has 0 unspecified atom stereocenters. The van der Waals surface area contributed by atoms with Crippen LogP contribution in [0.25, 0.3) is 27.9 Å². The van der Waals surface area contributed by atoms with Crippen LogP contribution in [0.15, 0.2) is 55.1 Å². The van der Waals surface area contributed by atoms with Crippen molar-refractivity contribution in [1.82, 2.24) is 34.3 Å². The standard InChI is InChI=1S/C23H23N9O3/c1-2-35-19(34)13-31-14-27-21-20(31)22(32-17-6-4-3-5-15(17)11-28-32)30-23(29-21)25-10-9-24-18-8-7-16(33)12-26-18/h3-8,11-12,14,33H,2,9-10,13H2,1H3,(H,24,26)(H,25,29,30). The minimum absolute atomic E-state index is 0.0176. The molecule has 0 amide bonds. The van der Waals surface area contributed by atoms with Crippen molar-refractivity contribution in [1.29, 1.82) is 0 Å². The van der Waals surface area contributed by atoms with Gasteiger partial charge in [-0.25, -0.2) is 14.6 Å². The Kier molecular flexibility index (Phi) is 6.07. The largest absolute Gasteiger partial charge is 0.506 e. The number of imidazole rings is 1. The lowest BCUT2D eigenvalue weighted by molar-refractivity contribution is -0.143. The van der Waals surface area contributed by atoms with Gasteiger partial charge in [0.05, 0.1) is 30.8 Å². The van der Waals surface area contributed by atoms with Gasteiger partial charge in [-0.15, -0.1) is 0 Å². The molecule has 12 heteroatoms. The van der Waals surface area contributed by atoms with Crippen LogP contribution in [0.2, 0.25) is 0 Å². The first-order chi connectivity index (χ1) is 17.1. The molecule has 3 N–H and O–H groups in total. The van der Waals surface area contributed by atoms with Crippen molar-refractivity contribution in [3.8, 4) is 11.6 Å². The van der Waals surface area contributed by atoms with Crippen LogP contribution < -0.4 is 10.6 Å². The maximum absolute atomic E-state index is 12.2. The van der Waals surface area contributed by atoms with Crippen molar-refractivity contribution in [3.05, 3.63) is 55.1 Å². The number of nitrogens with zero attached hydrogens (tertiary/aromatic N) is 7. The number of anilines is 2. The molecule has 0 aliphatic heterocycles. The number of carbonyl (C=O) groups is 1. The molecule has 5 aromatic rings. The van der Waals surface area contributed by atoms with Crippen LogP contribution in [0.1, 0.15) is 6.92 Å². The Morgan fingerprint density at radius 3 is 2.74 bits per heavy atom. The molecule has 4 heterocycles. The van der Waals surface area contributed by atoms with Gasteiger partial charge in [-0.2, -0.15) is 15.1 Å². The van der Waals surface area contributed by atoms with Crippen LogP contribution in [-0.4, -0.2) is 65.1 Å². The fourth-order valence-electron chi connectivity index (χ4n) is 3.65. The summed E-state index contributed by atoms with van der Waals surface area (Å²) >= 11 is 0. The number of rotatable bonds is 9. The Bertz CT molecular complexity index is 1480. The minimum atomic E-state index is -0.376. The first-order valence-electron chi connectivity index (χ1n) is 11.1. The highest BCUT2D eigenvalue weighted by Crippen LogP contribution is 2.24. The Morgan fingerprint density at radius 2 is 1.91 bits per heavy atom. The predicted molar refractivity (Wildman–Crippen MR) is 129 cm³/mol. The third-order valence-electron chi connectivity index (χ3n) is 5.20. The number of nitrogens with one attached hydrogen (secondary N) is 2. The SMILES string of the molecule is CCOC(=O)Cn1cnc2nc(NCCNc3ccc(O)cn3)nc(-n3ncc4ccccc43)c21. The molecule has 0 radical (unpaired) electrons. The van der Waals surface area contributed by atoms with Crippen LogP contribution in [-0.2, 0) is 16.1 Å². The normalized spacial score (nSPS) is 11.1.